The molecule has 0 spiro atoms. The molecule has 1 aliphatic heterocycles. The molecule has 1 fully saturated rings. The van der Waals surface area contributed by atoms with Crippen molar-refractivity contribution in [3.05, 3.63) is 30.1 Å². The molecule has 0 amide bonds. The Hall–Kier alpha value is -1.62. The van der Waals surface area contributed by atoms with Crippen LogP contribution in [0.5, 0.6) is 0 Å². The normalized spacial score (nSPS) is 18.7. The Kier molecular flexibility index (Phi) is 3.52. The van der Waals surface area contributed by atoms with Gasteiger partial charge in [-0.25, -0.2) is 4.39 Å². The molecular weight excluding hydrogens is 235 g/mol. The SMILES string of the molecule is NC1(CC(=O)O)CCN(c2ccc(F)cc2)CC1. The van der Waals surface area contributed by atoms with Gasteiger partial charge in [0.25, 0.3) is 0 Å². The lowest BCUT2D eigenvalue weighted by Crippen LogP contribution is -2.51. The van der Waals surface area contributed by atoms with Crippen LogP contribution in [0.1, 0.15) is 19.3 Å². The zero-order valence-corrected chi connectivity index (χ0v) is 10.1. The maximum atomic E-state index is 12.8. The van der Waals surface area contributed by atoms with E-state index in [-0.39, 0.29) is 12.2 Å². The number of anilines is 1. The monoisotopic (exact) mass is 252 g/mol. The fourth-order valence-corrected chi connectivity index (χ4v) is 2.34. The van der Waals surface area contributed by atoms with E-state index >= 15 is 0 Å². The summed E-state index contributed by atoms with van der Waals surface area (Å²) in [5.41, 5.74) is 6.40. The van der Waals surface area contributed by atoms with Gasteiger partial charge in [0, 0.05) is 24.3 Å². The molecule has 4 nitrogen and oxygen atoms in total. The standard InChI is InChI=1S/C13H17FN2O2/c14-10-1-3-11(4-2-10)16-7-5-13(15,6-8-16)9-12(17)18/h1-4H,5-9,15H2,(H,17,18). The molecule has 1 aliphatic rings. The molecule has 0 radical (unpaired) electrons. The number of carbonyl (C=O) groups is 1. The van der Waals surface area contributed by atoms with Crippen LogP contribution in [-0.2, 0) is 4.79 Å². The van der Waals surface area contributed by atoms with E-state index < -0.39 is 11.5 Å². The quantitative estimate of drug-likeness (QED) is 0.857. The second kappa shape index (κ2) is 4.94. The molecule has 3 N–H and O–H groups in total. The van der Waals surface area contributed by atoms with Crippen LogP contribution in [0.3, 0.4) is 0 Å². The number of benzene rings is 1. The highest BCUT2D eigenvalue weighted by molar-refractivity contribution is 5.68. The fourth-order valence-electron chi connectivity index (χ4n) is 2.34. The van der Waals surface area contributed by atoms with Crippen LogP contribution in [0, 0.1) is 5.82 Å². The van der Waals surface area contributed by atoms with E-state index in [0.717, 1.165) is 5.69 Å². The maximum Gasteiger partial charge on any atom is 0.305 e. The van der Waals surface area contributed by atoms with Crippen molar-refractivity contribution in [1.29, 1.82) is 0 Å². The van der Waals surface area contributed by atoms with Gasteiger partial charge in [-0.2, -0.15) is 0 Å². The third kappa shape index (κ3) is 2.98. The Bertz CT molecular complexity index is 425. The van der Waals surface area contributed by atoms with Gasteiger partial charge in [0.1, 0.15) is 5.82 Å². The Morgan fingerprint density at radius 3 is 2.39 bits per heavy atom. The number of carboxylic acid groups (broad SMARTS) is 1. The van der Waals surface area contributed by atoms with Crippen molar-refractivity contribution in [1.82, 2.24) is 0 Å². The van der Waals surface area contributed by atoms with Gasteiger partial charge in [0.2, 0.25) is 0 Å². The van der Waals surface area contributed by atoms with E-state index in [9.17, 15) is 9.18 Å². The highest BCUT2D eigenvalue weighted by Crippen LogP contribution is 2.27. The lowest BCUT2D eigenvalue weighted by molar-refractivity contribution is -0.138. The zero-order valence-electron chi connectivity index (χ0n) is 10.1. The molecule has 1 heterocycles. The summed E-state index contributed by atoms with van der Waals surface area (Å²) in [5.74, 6) is -1.11. The maximum absolute atomic E-state index is 12.8. The molecule has 98 valence electrons. The van der Waals surface area contributed by atoms with Crippen molar-refractivity contribution in [3.8, 4) is 0 Å². The number of hydrogen-bond acceptors (Lipinski definition) is 3. The number of hydrogen-bond donors (Lipinski definition) is 2. The molecule has 2 rings (SSSR count). The van der Waals surface area contributed by atoms with E-state index in [1.165, 1.54) is 12.1 Å². The van der Waals surface area contributed by atoms with Crippen LogP contribution in [0.4, 0.5) is 10.1 Å². The van der Waals surface area contributed by atoms with E-state index in [2.05, 4.69) is 4.90 Å². The topological polar surface area (TPSA) is 66.6 Å². The smallest absolute Gasteiger partial charge is 0.305 e. The summed E-state index contributed by atoms with van der Waals surface area (Å²) in [6, 6.07) is 6.32. The first-order valence-electron chi connectivity index (χ1n) is 6.00. The minimum Gasteiger partial charge on any atom is -0.481 e. The van der Waals surface area contributed by atoms with Crippen LogP contribution in [-0.4, -0.2) is 29.7 Å². The van der Waals surface area contributed by atoms with Crippen LogP contribution in [0.15, 0.2) is 24.3 Å². The summed E-state index contributed by atoms with van der Waals surface area (Å²) < 4.78 is 12.8. The van der Waals surface area contributed by atoms with Gasteiger partial charge >= 0.3 is 5.97 Å². The highest BCUT2D eigenvalue weighted by Gasteiger charge is 2.32. The summed E-state index contributed by atoms with van der Waals surface area (Å²) in [6.07, 6.45) is 1.28. The van der Waals surface area contributed by atoms with Crippen molar-refractivity contribution >= 4 is 11.7 Å². The van der Waals surface area contributed by atoms with Crippen molar-refractivity contribution in [2.24, 2.45) is 5.73 Å². The molecule has 18 heavy (non-hydrogen) atoms. The second-order valence-electron chi connectivity index (χ2n) is 4.90. The summed E-state index contributed by atoms with van der Waals surface area (Å²) in [4.78, 5) is 12.8. The Balaban J connectivity index is 1.98. The molecular formula is C13H17FN2O2. The lowest BCUT2D eigenvalue weighted by Gasteiger charge is -2.39. The molecule has 1 aromatic carbocycles. The van der Waals surface area contributed by atoms with Gasteiger partial charge in [0.15, 0.2) is 0 Å². The van der Waals surface area contributed by atoms with Gasteiger partial charge in [-0.05, 0) is 37.1 Å². The molecule has 1 aromatic rings. The van der Waals surface area contributed by atoms with Crippen molar-refractivity contribution in [2.75, 3.05) is 18.0 Å². The molecule has 1 saturated heterocycles. The first-order chi connectivity index (χ1) is 8.48. The average molecular weight is 252 g/mol. The summed E-state index contributed by atoms with van der Waals surface area (Å²) >= 11 is 0. The molecule has 0 unspecified atom stereocenters. The average Bonchev–Trinajstić information content (AvgIpc) is 2.30. The summed E-state index contributed by atoms with van der Waals surface area (Å²) in [5, 5.41) is 8.81. The van der Waals surface area contributed by atoms with Gasteiger partial charge in [-0.15, -0.1) is 0 Å². The molecule has 0 saturated carbocycles. The van der Waals surface area contributed by atoms with Gasteiger partial charge in [0.05, 0.1) is 6.42 Å². The Labute approximate surface area is 105 Å². The molecule has 0 aliphatic carbocycles. The number of piperidine rings is 1. The van der Waals surface area contributed by atoms with Crippen LogP contribution >= 0.6 is 0 Å². The largest absolute Gasteiger partial charge is 0.481 e. The van der Waals surface area contributed by atoms with Crippen LogP contribution < -0.4 is 10.6 Å². The summed E-state index contributed by atoms with van der Waals surface area (Å²) in [6.45, 7) is 1.41. The lowest BCUT2D eigenvalue weighted by atomic mass is 9.85. The molecule has 0 aromatic heterocycles. The molecule has 0 bridgehead atoms. The number of nitrogens with two attached hydrogens (primary N) is 1. The van der Waals surface area contributed by atoms with E-state index in [0.29, 0.717) is 25.9 Å². The molecule has 5 heteroatoms. The van der Waals surface area contributed by atoms with E-state index in [4.69, 9.17) is 10.8 Å². The third-order valence-corrected chi connectivity index (χ3v) is 3.45. The number of halogens is 1. The Morgan fingerprint density at radius 2 is 1.89 bits per heavy atom. The van der Waals surface area contributed by atoms with Gasteiger partial charge in [-0.1, -0.05) is 0 Å². The second-order valence-corrected chi connectivity index (χ2v) is 4.90. The Morgan fingerprint density at radius 1 is 1.33 bits per heavy atom. The van der Waals surface area contributed by atoms with Crippen LogP contribution in [0.25, 0.3) is 0 Å². The van der Waals surface area contributed by atoms with Gasteiger partial charge in [-0.3, -0.25) is 4.79 Å². The van der Waals surface area contributed by atoms with Gasteiger partial charge < -0.3 is 15.7 Å². The zero-order chi connectivity index (χ0) is 13.2. The van der Waals surface area contributed by atoms with Crippen molar-refractivity contribution in [2.45, 2.75) is 24.8 Å². The minimum atomic E-state index is -0.854. The fraction of sp³-hybridized carbons (Fsp3) is 0.462. The number of nitrogens with zero attached hydrogens (tertiary/aromatic N) is 1. The number of aliphatic carboxylic acids is 1. The van der Waals surface area contributed by atoms with E-state index in [1.807, 2.05) is 0 Å². The van der Waals surface area contributed by atoms with E-state index in [1.54, 1.807) is 12.1 Å². The van der Waals surface area contributed by atoms with Crippen LogP contribution in [0.2, 0.25) is 0 Å². The predicted molar refractivity (Wildman–Crippen MR) is 67.0 cm³/mol. The third-order valence-electron chi connectivity index (χ3n) is 3.45. The summed E-state index contributed by atoms with van der Waals surface area (Å²) in [7, 11) is 0. The minimum absolute atomic E-state index is 0.00422. The van der Waals surface area contributed by atoms with Crippen molar-refractivity contribution in [3.63, 3.8) is 0 Å². The first kappa shape index (κ1) is 12.8. The number of carboxylic acids is 1. The highest BCUT2D eigenvalue weighted by atomic mass is 19.1. The van der Waals surface area contributed by atoms with Crippen molar-refractivity contribution < 1.29 is 14.3 Å². The predicted octanol–water partition coefficient (Wildman–Crippen LogP) is 1.60. The molecule has 0 atom stereocenters. The number of rotatable bonds is 3. The first-order valence-corrected chi connectivity index (χ1v) is 6.00.